The normalized spacial score (nSPS) is 13.4. The van der Waals surface area contributed by atoms with Crippen LogP contribution in [0.3, 0.4) is 0 Å². The van der Waals surface area contributed by atoms with E-state index in [1.54, 1.807) is 0 Å². The Bertz CT molecular complexity index is 481. The van der Waals surface area contributed by atoms with Crippen molar-refractivity contribution in [3.63, 3.8) is 0 Å². The molecule has 0 aromatic carbocycles. The molecule has 0 radical (unpaired) electrons. The molecule has 0 aromatic rings. The number of unbranched alkanes of at least 4 members (excludes halogenated alkanes) is 9. The van der Waals surface area contributed by atoms with Crippen LogP contribution in [-0.4, -0.2) is 81.5 Å². The molecular weight excluding hydrogens is 399 g/mol. The van der Waals surface area contributed by atoms with Gasteiger partial charge < -0.3 is 14.9 Å². The molecule has 1 aliphatic rings. The van der Waals surface area contributed by atoms with Gasteiger partial charge in [-0.2, -0.15) is 8.42 Å². The standard InChI is InChI=1S/C12H25.C4H6O7S.C2H4O.Na/c1-3-5-7-9-11-12-10-8-6-4-2;5-3(6)1-2(4(7)8)12(9,10)11;1-2-3-1;/h1,3-12H2,2H3;2H,1H2,(H,5,6)(H,7,8)(H,9,10,11);1-2H2;. The van der Waals surface area contributed by atoms with E-state index in [9.17, 15) is 18.0 Å². The van der Waals surface area contributed by atoms with Gasteiger partial charge in [-0.05, 0) is 0 Å². The minimum Gasteiger partial charge on any atom is -0.481 e. The van der Waals surface area contributed by atoms with Gasteiger partial charge in [0, 0.05) is 0 Å². The fourth-order valence-electron chi connectivity index (χ4n) is 2.22. The van der Waals surface area contributed by atoms with E-state index in [0.717, 1.165) is 13.2 Å². The first-order valence-corrected chi connectivity index (χ1v) is 13.1. The molecule has 10 heteroatoms. The Morgan fingerprint density at radius 1 is 0.929 bits per heavy atom. The van der Waals surface area contributed by atoms with Gasteiger partial charge in [0.25, 0.3) is 10.1 Å². The fourth-order valence-corrected chi connectivity index (χ4v) is 3.32. The first kappa shape index (κ1) is 30.0. The van der Waals surface area contributed by atoms with Crippen molar-refractivity contribution in [2.24, 2.45) is 0 Å². The summed E-state index contributed by atoms with van der Waals surface area (Å²) < 4.78 is 34.7. The summed E-state index contributed by atoms with van der Waals surface area (Å²) in [6, 6.07) is 0. The minimum absolute atomic E-state index is 1.00. The first-order valence-electron chi connectivity index (χ1n) is 10.1. The monoisotopic (exact) mass is 434 g/mol. The third-order valence-corrected chi connectivity index (χ3v) is 5.70. The average molecular weight is 435 g/mol. The Morgan fingerprint density at radius 2 is 1.32 bits per heavy atom. The van der Waals surface area contributed by atoms with Gasteiger partial charge >= 0.3 is 115 Å². The average Bonchev–Trinajstić information content (AvgIpc) is 3.46. The Balaban J connectivity index is 0. The van der Waals surface area contributed by atoms with E-state index in [0.29, 0.717) is 0 Å². The fraction of sp³-hybridized carbons (Fsp3) is 0.889. The molecule has 162 valence electrons. The summed E-state index contributed by atoms with van der Waals surface area (Å²) in [5.41, 5.74) is 0. The maximum absolute atomic E-state index is 10.2. The summed E-state index contributed by atoms with van der Waals surface area (Å²) in [5.74, 6) is -3.50. The zero-order valence-corrected chi connectivity index (χ0v) is 20.1. The second-order valence-corrected chi connectivity index (χ2v) is 9.33. The zero-order valence-electron chi connectivity index (χ0n) is 17.3. The second kappa shape index (κ2) is 20.1. The molecule has 1 fully saturated rings. The van der Waals surface area contributed by atoms with Crippen LogP contribution in [0.25, 0.3) is 0 Å². The molecule has 0 bridgehead atoms. The van der Waals surface area contributed by atoms with Crippen LogP contribution in [0.5, 0.6) is 0 Å². The molecule has 0 aliphatic carbocycles. The zero-order chi connectivity index (χ0) is 21.8. The van der Waals surface area contributed by atoms with Crippen molar-refractivity contribution in [2.45, 2.75) is 86.5 Å². The van der Waals surface area contributed by atoms with Crippen molar-refractivity contribution >= 4 is 50.0 Å². The van der Waals surface area contributed by atoms with Crippen LogP contribution in [0.1, 0.15) is 77.6 Å². The predicted molar refractivity (Wildman–Crippen MR) is 108 cm³/mol. The number of epoxide rings is 1. The van der Waals surface area contributed by atoms with Crippen molar-refractivity contribution in [3.8, 4) is 0 Å². The number of aliphatic carboxylic acids is 2. The Labute approximate surface area is 186 Å². The van der Waals surface area contributed by atoms with Crippen LogP contribution in [0.4, 0.5) is 0 Å². The molecule has 0 amide bonds. The third kappa shape index (κ3) is 25.8. The van der Waals surface area contributed by atoms with Crippen LogP contribution in [0.15, 0.2) is 0 Å². The molecule has 1 aliphatic heterocycles. The molecule has 3 N–H and O–H groups in total. The molecular formula is C18H35NaO8S. The minimum atomic E-state index is -4.84. The topological polar surface area (TPSA) is 142 Å². The van der Waals surface area contributed by atoms with Crippen molar-refractivity contribution < 1.29 is 37.5 Å². The summed E-state index contributed by atoms with van der Waals surface area (Å²) in [7, 11) is -4.84. The summed E-state index contributed by atoms with van der Waals surface area (Å²) in [6.45, 7) is 4.29. The smallest absolute Gasteiger partial charge is 0.325 e. The van der Waals surface area contributed by atoms with Crippen LogP contribution in [0, 0.1) is 0 Å². The van der Waals surface area contributed by atoms with Crippen LogP contribution < -0.4 is 0 Å². The molecule has 1 rings (SSSR count). The summed E-state index contributed by atoms with van der Waals surface area (Å²) in [6.07, 6.45) is 13.6. The van der Waals surface area contributed by atoms with Gasteiger partial charge in [0.05, 0.1) is 19.6 Å². The summed E-state index contributed by atoms with van der Waals surface area (Å²) in [5, 5.41) is 13.9. The van der Waals surface area contributed by atoms with E-state index < -0.39 is 33.7 Å². The maximum atomic E-state index is 10.2. The molecule has 28 heavy (non-hydrogen) atoms. The van der Waals surface area contributed by atoms with E-state index in [2.05, 4.69) is 11.7 Å². The number of hydrogen-bond donors (Lipinski definition) is 3. The van der Waals surface area contributed by atoms with Gasteiger partial charge in [-0.3, -0.25) is 14.1 Å². The van der Waals surface area contributed by atoms with Gasteiger partial charge in [0.2, 0.25) is 0 Å². The molecule has 0 aromatic heterocycles. The van der Waals surface area contributed by atoms with Crippen molar-refractivity contribution in [2.75, 3.05) is 13.2 Å². The van der Waals surface area contributed by atoms with Crippen molar-refractivity contribution in [1.82, 2.24) is 0 Å². The summed E-state index contributed by atoms with van der Waals surface area (Å²) >= 11 is 1.41. The Hall–Kier alpha value is -0.190. The quantitative estimate of drug-likeness (QED) is 0.164. The number of rotatable bonds is 14. The number of hydrogen-bond acceptors (Lipinski definition) is 5. The SMILES string of the molecule is C1CO1.CCCCCCCCCCC[CH2][Na].O=C(O)CC(C(=O)O)S(=O)(=O)O. The van der Waals surface area contributed by atoms with E-state index in [-0.39, 0.29) is 0 Å². The van der Waals surface area contributed by atoms with Crippen LogP contribution in [0.2, 0.25) is 3.67 Å². The van der Waals surface area contributed by atoms with Crippen molar-refractivity contribution in [3.05, 3.63) is 0 Å². The number of carbonyl (C=O) groups is 2. The molecule has 0 saturated carbocycles. The van der Waals surface area contributed by atoms with E-state index >= 15 is 0 Å². The molecule has 1 atom stereocenters. The molecule has 1 unspecified atom stereocenters. The van der Waals surface area contributed by atoms with E-state index in [4.69, 9.17) is 14.8 Å². The number of ether oxygens (including phenoxy) is 1. The van der Waals surface area contributed by atoms with E-state index in [1.807, 2.05) is 0 Å². The summed E-state index contributed by atoms with van der Waals surface area (Å²) in [4.78, 5) is 20.0. The maximum Gasteiger partial charge on any atom is 0.325 e. The molecule has 1 saturated heterocycles. The van der Waals surface area contributed by atoms with Gasteiger partial charge in [-0.15, -0.1) is 0 Å². The predicted octanol–water partition coefficient (Wildman–Crippen LogP) is 3.31. The van der Waals surface area contributed by atoms with Crippen LogP contribution in [-0.2, 0) is 24.4 Å². The number of carboxylic acids is 2. The third-order valence-electron chi connectivity index (χ3n) is 3.91. The van der Waals surface area contributed by atoms with Crippen LogP contribution >= 0.6 is 0 Å². The Kier molecular flexibility index (Phi) is 21.5. The van der Waals surface area contributed by atoms with Gasteiger partial charge in [0.1, 0.15) is 0 Å². The molecule has 0 spiro atoms. The van der Waals surface area contributed by atoms with E-state index in [1.165, 1.54) is 95.8 Å². The first-order chi connectivity index (χ1) is 13.2. The second-order valence-electron chi connectivity index (χ2n) is 6.73. The number of carboxylic acid groups (broad SMARTS) is 2. The Morgan fingerprint density at radius 3 is 1.54 bits per heavy atom. The van der Waals surface area contributed by atoms with Gasteiger partial charge in [0.15, 0.2) is 5.25 Å². The molecule has 1 heterocycles. The largest absolute Gasteiger partial charge is 0.481 e. The van der Waals surface area contributed by atoms with Crippen molar-refractivity contribution in [1.29, 1.82) is 0 Å². The van der Waals surface area contributed by atoms with Gasteiger partial charge in [-0.1, -0.05) is 0 Å². The van der Waals surface area contributed by atoms with Gasteiger partial charge in [-0.25, -0.2) is 0 Å². The molecule has 8 nitrogen and oxygen atoms in total.